The number of furan rings is 1. The van der Waals surface area contributed by atoms with E-state index in [0.29, 0.717) is 45.3 Å². The molecule has 8 heteroatoms. The van der Waals surface area contributed by atoms with Gasteiger partial charge in [0.1, 0.15) is 5.75 Å². The predicted molar refractivity (Wildman–Crippen MR) is 141 cm³/mol. The van der Waals surface area contributed by atoms with Crippen LogP contribution in [0.15, 0.2) is 82.5 Å². The molecule has 0 radical (unpaired) electrons. The number of aryl methyl sites for hydroxylation is 1. The highest BCUT2D eigenvalue weighted by atomic mass is 35.5. The Labute approximate surface area is 218 Å². The molecule has 1 N–H and O–H groups in total. The van der Waals surface area contributed by atoms with Crippen molar-refractivity contribution in [1.29, 1.82) is 0 Å². The number of benzene rings is 3. The molecule has 1 aliphatic rings. The first-order chi connectivity index (χ1) is 17.8. The Kier molecular flexibility index (Phi) is 6.39. The summed E-state index contributed by atoms with van der Waals surface area (Å²) in [6.07, 6.45) is 0. The van der Waals surface area contributed by atoms with Crippen LogP contribution in [0.5, 0.6) is 11.5 Å². The Bertz CT molecular complexity index is 1550. The van der Waals surface area contributed by atoms with Gasteiger partial charge in [0.05, 0.1) is 25.3 Å². The average molecular weight is 518 g/mol. The van der Waals surface area contributed by atoms with Crippen LogP contribution >= 0.6 is 11.6 Å². The summed E-state index contributed by atoms with van der Waals surface area (Å²) >= 11 is 6.18. The number of rotatable bonds is 7. The molecule has 0 bridgehead atoms. The van der Waals surface area contributed by atoms with E-state index in [1.54, 1.807) is 36.4 Å². The van der Waals surface area contributed by atoms with Gasteiger partial charge >= 0.3 is 0 Å². The number of fused-ring (bicyclic) bond motifs is 1. The molecular formula is C29H24ClNO6. The summed E-state index contributed by atoms with van der Waals surface area (Å²) in [4.78, 5) is 28.7. The largest absolute Gasteiger partial charge is 0.503 e. The number of ketones is 1. The number of Topliss-reactive ketones (excluding diaryl/α,β-unsaturated/α-hetero) is 1. The number of carbonyl (C=O) groups is 2. The van der Waals surface area contributed by atoms with Gasteiger partial charge in [-0.05, 0) is 61.4 Å². The zero-order chi connectivity index (χ0) is 26.3. The molecule has 1 aliphatic heterocycles. The minimum Gasteiger partial charge on any atom is -0.503 e. The van der Waals surface area contributed by atoms with Gasteiger partial charge in [-0.1, -0.05) is 35.9 Å². The molecule has 0 saturated heterocycles. The first kappa shape index (κ1) is 24.5. The van der Waals surface area contributed by atoms with Crippen molar-refractivity contribution in [3.8, 4) is 11.5 Å². The van der Waals surface area contributed by atoms with Gasteiger partial charge in [-0.25, -0.2) is 0 Å². The van der Waals surface area contributed by atoms with Gasteiger partial charge in [-0.15, -0.1) is 0 Å². The van der Waals surface area contributed by atoms with Crippen LogP contribution in [0.3, 0.4) is 0 Å². The van der Waals surface area contributed by atoms with E-state index >= 15 is 0 Å². The number of anilines is 1. The van der Waals surface area contributed by atoms with Gasteiger partial charge in [0.2, 0.25) is 5.78 Å². The Morgan fingerprint density at radius 1 is 1.11 bits per heavy atom. The van der Waals surface area contributed by atoms with Crippen LogP contribution in [0.25, 0.3) is 11.0 Å². The Hall–Kier alpha value is -4.23. The van der Waals surface area contributed by atoms with E-state index in [1.807, 2.05) is 38.1 Å². The zero-order valence-corrected chi connectivity index (χ0v) is 21.2. The maximum atomic E-state index is 13.9. The molecule has 0 fully saturated rings. The second-order valence-electron chi connectivity index (χ2n) is 8.59. The smallest absolute Gasteiger partial charge is 0.294 e. The molecule has 4 aromatic rings. The highest BCUT2D eigenvalue weighted by molar-refractivity contribution is 6.31. The van der Waals surface area contributed by atoms with Crippen molar-refractivity contribution in [1.82, 2.24) is 0 Å². The minimum atomic E-state index is -0.877. The van der Waals surface area contributed by atoms with Crippen molar-refractivity contribution >= 4 is 39.9 Å². The van der Waals surface area contributed by atoms with Gasteiger partial charge in [-0.2, -0.15) is 0 Å². The number of aliphatic hydroxyl groups is 1. The normalized spacial score (nSPS) is 15.5. The average Bonchev–Trinajstić information content (AvgIpc) is 3.43. The number of halogens is 1. The second-order valence-corrected chi connectivity index (χ2v) is 9.03. The second kappa shape index (κ2) is 9.67. The summed E-state index contributed by atoms with van der Waals surface area (Å²) < 4.78 is 16.8. The molecule has 1 aromatic heterocycles. The summed E-state index contributed by atoms with van der Waals surface area (Å²) in [5.74, 6) is -0.948. The minimum absolute atomic E-state index is 0.0444. The fourth-order valence-corrected chi connectivity index (χ4v) is 4.86. The SMILES string of the molecule is CCOc1ccc(N2C(=O)C(O)=C(C(=O)c3cc4cc(Cl)cc(OC)c4o3)C2c2ccccc2C)cc1. The Morgan fingerprint density at radius 2 is 1.84 bits per heavy atom. The third kappa shape index (κ3) is 4.21. The Balaban J connectivity index is 1.64. The molecule has 7 nitrogen and oxygen atoms in total. The van der Waals surface area contributed by atoms with Crippen LogP contribution in [0.2, 0.25) is 5.02 Å². The molecule has 1 unspecified atom stereocenters. The summed E-state index contributed by atoms with van der Waals surface area (Å²) in [5.41, 5.74) is 2.34. The van der Waals surface area contributed by atoms with Crippen molar-refractivity contribution in [3.05, 3.63) is 100.0 Å². The third-order valence-corrected chi connectivity index (χ3v) is 6.57. The summed E-state index contributed by atoms with van der Waals surface area (Å²) in [6.45, 7) is 4.28. The van der Waals surface area contributed by atoms with Crippen LogP contribution in [0, 0.1) is 6.92 Å². The molecule has 2 heterocycles. The first-order valence-corrected chi connectivity index (χ1v) is 12.1. The zero-order valence-electron chi connectivity index (χ0n) is 20.4. The van der Waals surface area contributed by atoms with Gasteiger partial charge in [0.25, 0.3) is 5.91 Å². The Morgan fingerprint density at radius 3 is 2.51 bits per heavy atom. The van der Waals surface area contributed by atoms with Crippen LogP contribution in [-0.2, 0) is 4.79 Å². The molecule has 1 atom stereocenters. The van der Waals surface area contributed by atoms with E-state index < -0.39 is 23.5 Å². The molecule has 5 rings (SSSR count). The first-order valence-electron chi connectivity index (χ1n) is 11.7. The number of carbonyl (C=O) groups excluding carboxylic acids is 2. The van der Waals surface area contributed by atoms with E-state index in [1.165, 1.54) is 18.1 Å². The lowest BCUT2D eigenvalue weighted by molar-refractivity contribution is -0.117. The van der Waals surface area contributed by atoms with Crippen molar-refractivity contribution in [2.45, 2.75) is 19.9 Å². The topological polar surface area (TPSA) is 89.2 Å². The lowest BCUT2D eigenvalue weighted by atomic mass is 9.92. The predicted octanol–water partition coefficient (Wildman–Crippen LogP) is 6.58. The van der Waals surface area contributed by atoms with Gasteiger partial charge in [0, 0.05) is 22.2 Å². The van der Waals surface area contributed by atoms with E-state index in [0.717, 1.165) is 5.56 Å². The van der Waals surface area contributed by atoms with Gasteiger partial charge in [0.15, 0.2) is 22.9 Å². The molecule has 37 heavy (non-hydrogen) atoms. The van der Waals surface area contributed by atoms with E-state index in [4.69, 9.17) is 25.5 Å². The lowest BCUT2D eigenvalue weighted by Gasteiger charge is -2.28. The molecule has 0 aliphatic carbocycles. The fraction of sp³-hybridized carbons (Fsp3) is 0.172. The maximum Gasteiger partial charge on any atom is 0.294 e. The van der Waals surface area contributed by atoms with E-state index in [-0.39, 0.29) is 11.3 Å². The number of aliphatic hydroxyl groups excluding tert-OH is 1. The number of ether oxygens (including phenoxy) is 2. The lowest BCUT2D eigenvalue weighted by Crippen LogP contribution is -2.31. The monoisotopic (exact) mass is 517 g/mol. The number of amides is 1. The van der Waals surface area contributed by atoms with Gasteiger partial charge in [-0.3, -0.25) is 14.5 Å². The molecule has 0 spiro atoms. The number of hydrogen-bond acceptors (Lipinski definition) is 6. The van der Waals surface area contributed by atoms with Crippen LogP contribution in [0.1, 0.15) is 34.6 Å². The molecule has 3 aromatic carbocycles. The highest BCUT2D eigenvalue weighted by Crippen LogP contribution is 2.44. The number of nitrogens with zero attached hydrogens (tertiary/aromatic N) is 1. The quantitative estimate of drug-likeness (QED) is 0.278. The standard InChI is InChI=1S/C29H24ClNO6/c1-4-36-20-11-9-19(10-12-20)31-25(21-8-6-5-7-16(21)2)24(27(33)29(31)34)26(32)22-14-17-13-18(30)15-23(35-3)28(17)37-22/h5-15,25,33H,4H2,1-3H3. The van der Waals surface area contributed by atoms with Crippen LogP contribution < -0.4 is 14.4 Å². The van der Waals surface area contributed by atoms with E-state index in [9.17, 15) is 14.7 Å². The van der Waals surface area contributed by atoms with Gasteiger partial charge < -0.3 is 19.0 Å². The molecule has 0 saturated carbocycles. The molecule has 188 valence electrons. The summed E-state index contributed by atoms with van der Waals surface area (Å²) in [7, 11) is 1.47. The summed E-state index contributed by atoms with van der Waals surface area (Å²) in [6, 6.07) is 18.3. The van der Waals surface area contributed by atoms with Crippen molar-refractivity contribution in [2.75, 3.05) is 18.6 Å². The molecular weight excluding hydrogens is 494 g/mol. The summed E-state index contributed by atoms with van der Waals surface area (Å²) in [5, 5.41) is 12.0. The van der Waals surface area contributed by atoms with Crippen molar-refractivity contribution < 1.29 is 28.6 Å². The molecule has 1 amide bonds. The fourth-order valence-electron chi connectivity index (χ4n) is 4.64. The third-order valence-electron chi connectivity index (χ3n) is 6.35. The van der Waals surface area contributed by atoms with Crippen LogP contribution in [-0.4, -0.2) is 30.5 Å². The van der Waals surface area contributed by atoms with E-state index in [2.05, 4.69) is 0 Å². The van der Waals surface area contributed by atoms with Crippen LogP contribution in [0.4, 0.5) is 5.69 Å². The maximum absolute atomic E-state index is 13.9. The highest BCUT2D eigenvalue weighted by Gasteiger charge is 2.45. The number of hydrogen-bond donors (Lipinski definition) is 1. The van der Waals surface area contributed by atoms with Crippen molar-refractivity contribution in [2.24, 2.45) is 0 Å². The van der Waals surface area contributed by atoms with Crippen molar-refractivity contribution in [3.63, 3.8) is 0 Å². The number of methoxy groups -OCH3 is 1.